The first-order valence-corrected chi connectivity index (χ1v) is 4.67. The molecule has 74 valence electrons. The van der Waals surface area contributed by atoms with Gasteiger partial charge in [0.1, 0.15) is 6.54 Å². The molecule has 0 saturated carbocycles. The summed E-state index contributed by atoms with van der Waals surface area (Å²) in [5.74, 6) is 0. The molecule has 0 radical (unpaired) electrons. The van der Waals surface area contributed by atoms with E-state index in [1.807, 2.05) is 25.2 Å². The van der Waals surface area contributed by atoms with Crippen LogP contribution in [0.5, 0.6) is 0 Å². The maximum atomic E-state index is 10.2. The van der Waals surface area contributed by atoms with Crippen LogP contribution in [0.1, 0.15) is 20.8 Å². The van der Waals surface area contributed by atoms with Crippen molar-refractivity contribution in [1.29, 1.82) is 0 Å². The molecule has 1 rings (SSSR count). The molecular formula is C12H15NO. The van der Waals surface area contributed by atoms with Crippen LogP contribution in [0.15, 0.2) is 51.8 Å². The van der Waals surface area contributed by atoms with E-state index in [0.29, 0.717) is 0 Å². The SMILES string of the molecule is CC1=C/C=C/C(CN=O)=C(\C)C(C)=C1. The van der Waals surface area contributed by atoms with Gasteiger partial charge in [0.15, 0.2) is 0 Å². The quantitative estimate of drug-likeness (QED) is 0.611. The number of hydrogen-bond donors (Lipinski definition) is 0. The zero-order valence-electron chi connectivity index (χ0n) is 8.87. The smallest absolute Gasteiger partial charge is 0.106 e. The fraction of sp³-hybridized carbons (Fsp3) is 0.333. The Hall–Kier alpha value is -1.44. The van der Waals surface area contributed by atoms with Gasteiger partial charge < -0.3 is 0 Å². The molecule has 0 aromatic carbocycles. The van der Waals surface area contributed by atoms with E-state index in [1.54, 1.807) is 0 Å². The highest BCUT2D eigenvalue weighted by Gasteiger charge is 2.03. The molecule has 0 aliphatic heterocycles. The average Bonchev–Trinajstić information content (AvgIpc) is 2.14. The Morgan fingerprint density at radius 2 is 2.00 bits per heavy atom. The molecule has 0 fully saturated rings. The molecule has 1 aliphatic carbocycles. The summed E-state index contributed by atoms with van der Waals surface area (Å²) in [6.45, 7) is 6.39. The lowest BCUT2D eigenvalue weighted by Gasteiger charge is -2.08. The molecule has 14 heavy (non-hydrogen) atoms. The van der Waals surface area contributed by atoms with Crippen molar-refractivity contribution in [2.24, 2.45) is 5.18 Å². The Bertz CT molecular complexity index is 357. The maximum absolute atomic E-state index is 10.2. The second-order valence-electron chi connectivity index (χ2n) is 3.53. The molecule has 0 aromatic heterocycles. The van der Waals surface area contributed by atoms with Crippen LogP contribution in [0.4, 0.5) is 0 Å². The van der Waals surface area contributed by atoms with Crippen molar-refractivity contribution in [3.8, 4) is 0 Å². The van der Waals surface area contributed by atoms with E-state index in [2.05, 4.69) is 25.1 Å². The number of rotatable bonds is 2. The monoisotopic (exact) mass is 189 g/mol. The van der Waals surface area contributed by atoms with Crippen LogP contribution in [0.2, 0.25) is 0 Å². The summed E-state index contributed by atoms with van der Waals surface area (Å²) in [6, 6.07) is 0. The first-order chi connectivity index (χ1) is 6.65. The number of nitroso groups, excluding NO2 is 1. The number of hydrogen-bond acceptors (Lipinski definition) is 2. The second kappa shape index (κ2) is 4.70. The van der Waals surface area contributed by atoms with Crippen LogP contribution in [-0.4, -0.2) is 6.54 Å². The Labute approximate surface area is 84.7 Å². The van der Waals surface area contributed by atoms with Crippen LogP contribution in [0.3, 0.4) is 0 Å². The van der Waals surface area contributed by atoms with Crippen molar-refractivity contribution >= 4 is 0 Å². The summed E-state index contributed by atoms with van der Waals surface area (Å²) in [5, 5.41) is 2.93. The summed E-state index contributed by atoms with van der Waals surface area (Å²) in [4.78, 5) is 10.2. The zero-order valence-corrected chi connectivity index (χ0v) is 8.87. The summed E-state index contributed by atoms with van der Waals surface area (Å²) in [5.41, 5.74) is 4.56. The number of allylic oxidation sites excluding steroid dienone is 6. The lowest BCUT2D eigenvalue weighted by molar-refractivity contribution is 1.12. The molecule has 0 bridgehead atoms. The van der Waals surface area contributed by atoms with Gasteiger partial charge >= 0.3 is 0 Å². The van der Waals surface area contributed by atoms with E-state index in [4.69, 9.17) is 0 Å². The third kappa shape index (κ3) is 2.52. The Morgan fingerprint density at radius 3 is 2.64 bits per heavy atom. The minimum Gasteiger partial charge on any atom is -0.150 e. The van der Waals surface area contributed by atoms with Gasteiger partial charge in [-0.15, -0.1) is 0 Å². The molecule has 0 amide bonds. The topological polar surface area (TPSA) is 29.4 Å². The van der Waals surface area contributed by atoms with Gasteiger partial charge in [0.2, 0.25) is 0 Å². The number of nitrogens with zero attached hydrogens (tertiary/aromatic N) is 1. The maximum Gasteiger partial charge on any atom is 0.106 e. The Morgan fingerprint density at radius 1 is 1.29 bits per heavy atom. The predicted octanol–water partition coefficient (Wildman–Crippen LogP) is 3.53. The lowest BCUT2D eigenvalue weighted by atomic mass is 9.98. The van der Waals surface area contributed by atoms with Gasteiger partial charge in [0.05, 0.1) is 0 Å². The first kappa shape index (κ1) is 10.6. The second-order valence-corrected chi connectivity index (χ2v) is 3.53. The van der Waals surface area contributed by atoms with Crippen LogP contribution in [0.25, 0.3) is 0 Å². The van der Waals surface area contributed by atoms with Gasteiger partial charge in [-0.05, 0) is 37.5 Å². The van der Waals surface area contributed by atoms with Crippen LogP contribution >= 0.6 is 0 Å². The Balaban J connectivity index is 3.11. The van der Waals surface area contributed by atoms with E-state index in [-0.39, 0.29) is 6.54 Å². The zero-order chi connectivity index (χ0) is 10.6. The van der Waals surface area contributed by atoms with Crippen molar-refractivity contribution in [3.05, 3.63) is 51.5 Å². The van der Waals surface area contributed by atoms with Crippen LogP contribution < -0.4 is 0 Å². The van der Waals surface area contributed by atoms with E-state index >= 15 is 0 Å². The molecule has 2 nitrogen and oxygen atoms in total. The third-order valence-electron chi connectivity index (χ3n) is 2.41. The average molecular weight is 189 g/mol. The molecule has 0 spiro atoms. The van der Waals surface area contributed by atoms with Crippen molar-refractivity contribution < 1.29 is 0 Å². The molecule has 2 heteroatoms. The molecule has 0 saturated heterocycles. The molecule has 0 heterocycles. The summed E-state index contributed by atoms with van der Waals surface area (Å²) in [6.07, 6.45) is 8.06. The van der Waals surface area contributed by atoms with Gasteiger partial charge in [-0.25, -0.2) is 0 Å². The van der Waals surface area contributed by atoms with Gasteiger partial charge in [0, 0.05) is 0 Å². The first-order valence-electron chi connectivity index (χ1n) is 4.67. The highest BCUT2D eigenvalue weighted by Crippen LogP contribution is 2.19. The normalized spacial score (nSPS) is 24.5. The Kier molecular flexibility index (Phi) is 3.57. The minimum absolute atomic E-state index is 0.250. The molecule has 0 N–H and O–H groups in total. The molecule has 1 aliphatic rings. The fourth-order valence-corrected chi connectivity index (χ4v) is 1.43. The van der Waals surface area contributed by atoms with E-state index in [9.17, 15) is 4.91 Å². The van der Waals surface area contributed by atoms with E-state index in [1.165, 1.54) is 11.1 Å². The fourth-order valence-electron chi connectivity index (χ4n) is 1.43. The molecule has 0 aromatic rings. The van der Waals surface area contributed by atoms with E-state index in [0.717, 1.165) is 11.1 Å². The van der Waals surface area contributed by atoms with E-state index < -0.39 is 0 Å². The summed E-state index contributed by atoms with van der Waals surface area (Å²) in [7, 11) is 0. The predicted molar refractivity (Wildman–Crippen MR) is 60.0 cm³/mol. The van der Waals surface area contributed by atoms with Crippen molar-refractivity contribution in [2.75, 3.05) is 6.54 Å². The lowest BCUT2D eigenvalue weighted by Crippen LogP contribution is -1.93. The molecule has 0 atom stereocenters. The van der Waals surface area contributed by atoms with Crippen molar-refractivity contribution in [3.63, 3.8) is 0 Å². The standard InChI is InChI=1S/C12H15NO/c1-9-5-4-6-12(8-13-14)11(3)10(2)7-9/h4-7H,8H2,1-3H3/b5-4?,6-4+,9-5?,9-7?,10-7?,11-10?,12-6?,12-11-. The third-order valence-corrected chi connectivity index (χ3v) is 2.41. The van der Waals surface area contributed by atoms with Gasteiger partial charge in [-0.3, -0.25) is 0 Å². The van der Waals surface area contributed by atoms with Crippen LogP contribution in [-0.2, 0) is 0 Å². The van der Waals surface area contributed by atoms with Crippen molar-refractivity contribution in [2.45, 2.75) is 20.8 Å². The molecular weight excluding hydrogens is 174 g/mol. The van der Waals surface area contributed by atoms with Gasteiger partial charge in [0.25, 0.3) is 0 Å². The summed E-state index contributed by atoms with van der Waals surface area (Å²) < 4.78 is 0. The molecule has 0 unspecified atom stereocenters. The van der Waals surface area contributed by atoms with Crippen molar-refractivity contribution in [1.82, 2.24) is 0 Å². The summed E-state index contributed by atoms with van der Waals surface area (Å²) >= 11 is 0. The van der Waals surface area contributed by atoms with Crippen LogP contribution in [0, 0.1) is 4.91 Å². The minimum atomic E-state index is 0.250. The highest BCUT2D eigenvalue weighted by molar-refractivity contribution is 5.45. The largest absolute Gasteiger partial charge is 0.150 e. The highest BCUT2D eigenvalue weighted by atomic mass is 16.3. The van der Waals surface area contributed by atoms with Gasteiger partial charge in [-0.1, -0.05) is 35.1 Å². The van der Waals surface area contributed by atoms with Gasteiger partial charge in [-0.2, -0.15) is 4.91 Å².